The van der Waals surface area contributed by atoms with Gasteiger partial charge in [0.15, 0.2) is 5.78 Å². The number of ketones is 1. The van der Waals surface area contributed by atoms with Crippen LogP contribution in [0.3, 0.4) is 0 Å². The van der Waals surface area contributed by atoms with Gasteiger partial charge in [0.1, 0.15) is 12.0 Å². The predicted octanol–water partition coefficient (Wildman–Crippen LogP) is 0.680. The molecule has 2 bridgehead atoms. The molecule has 11 heavy (non-hydrogen) atoms. The van der Waals surface area contributed by atoms with Crippen LogP contribution in [0.5, 0.6) is 0 Å². The Bertz CT molecular complexity index is 214. The van der Waals surface area contributed by atoms with Gasteiger partial charge in [-0.1, -0.05) is 0 Å². The van der Waals surface area contributed by atoms with Crippen LogP contribution in [0, 0.1) is 5.92 Å². The van der Waals surface area contributed by atoms with Gasteiger partial charge in [0.05, 0.1) is 0 Å². The predicted molar refractivity (Wildman–Crippen MR) is 40.0 cm³/mol. The van der Waals surface area contributed by atoms with E-state index in [0.29, 0.717) is 5.70 Å². The minimum atomic E-state index is 0.130. The Morgan fingerprint density at radius 1 is 1.45 bits per heavy atom. The number of rotatable bonds is 0. The Hall–Kier alpha value is -0.990. The Morgan fingerprint density at radius 3 is 2.45 bits per heavy atom. The highest BCUT2D eigenvalue weighted by molar-refractivity contribution is 5.97. The standard InChI is InChI=1S/C8H11NO2/c10-5-7-8(11)6-1-3-9(7)4-2-6/h5-6,10H,1-4H2/b7-5+. The van der Waals surface area contributed by atoms with Crippen molar-refractivity contribution in [1.82, 2.24) is 4.90 Å². The normalized spacial score (nSPS) is 28.5. The number of aliphatic hydroxyl groups excluding tert-OH is 1. The number of fused-ring (bicyclic) bond motifs is 3. The molecule has 1 N–H and O–H groups in total. The maximum Gasteiger partial charge on any atom is 0.185 e. The number of piperidine rings is 3. The van der Waals surface area contributed by atoms with Gasteiger partial charge in [-0.25, -0.2) is 0 Å². The summed E-state index contributed by atoms with van der Waals surface area (Å²) >= 11 is 0. The van der Waals surface area contributed by atoms with E-state index in [1.54, 1.807) is 0 Å². The highest BCUT2D eigenvalue weighted by Crippen LogP contribution is 2.30. The van der Waals surface area contributed by atoms with E-state index in [2.05, 4.69) is 0 Å². The quantitative estimate of drug-likeness (QED) is 0.411. The second-order valence-corrected chi connectivity index (χ2v) is 3.14. The lowest BCUT2D eigenvalue weighted by Gasteiger charge is -2.40. The topological polar surface area (TPSA) is 40.5 Å². The van der Waals surface area contributed by atoms with Crippen LogP contribution in [-0.2, 0) is 4.79 Å². The van der Waals surface area contributed by atoms with Gasteiger partial charge in [-0.2, -0.15) is 0 Å². The third-order valence-electron chi connectivity index (χ3n) is 2.58. The number of hydrogen-bond acceptors (Lipinski definition) is 3. The molecule has 0 aromatic rings. The van der Waals surface area contributed by atoms with Crippen molar-refractivity contribution >= 4 is 5.78 Å². The summed E-state index contributed by atoms with van der Waals surface area (Å²) in [5, 5.41) is 8.76. The lowest BCUT2D eigenvalue weighted by atomic mass is 9.85. The van der Waals surface area contributed by atoms with Crippen LogP contribution in [0.25, 0.3) is 0 Å². The lowest BCUT2D eigenvalue weighted by molar-refractivity contribution is -0.125. The van der Waals surface area contributed by atoms with Crippen molar-refractivity contribution < 1.29 is 9.90 Å². The Balaban J connectivity index is 2.30. The van der Waals surface area contributed by atoms with Crippen LogP contribution < -0.4 is 0 Å². The van der Waals surface area contributed by atoms with Crippen LogP contribution in [0.15, 0.2) is 12.0 Å². The summed E-state index contributed by atoms with van der Waals surface area (Å²) in [5.41, 5.74) is 0.521. The fraction of sp³-hybridized carbons (Fsp3) is 0.625. The minimum Gasteiger partial charge on any atom is -0.513 e. The van der Waals surface area contributed by atoms with Gasteiger partial charge in [0.25, 0.3) is 0 Å². The molecule has 0 aromatic heterocycles. The molecule has 0 atom stereocenters. The molecule has 0 radical (unpaired) electrons. The lowest BCUT2D eigenvalue weighted by Crippen LogP contribution is -2.46. The molecule has 3 rings (SSSR count). The van der Waals surface area contributed by atoms with Gasteiger partial charge in [-0.3, -0.25) is 4.79 Å². The monoisotopic (exact) mass is 153 g/mol. The van der Waals surface area contributed by atoms with Crippen molar-refractivity contribution in [1.29, 1.82) is 0 Å². The van der Waals surface area contributed by atoms with Crippen LogP contribution >= 0.6 is 0 Å². The number of nitrogens with zero attached hydrogens (tertiary/aromatic N) is 1. The van der Waals surface area contributed by atoms with E-state index in [1.165, 1.54) is 0 Å². The van der Waals surface area contributed by atoms with Crippen LogP contribution in [0.2, 0.25) is 0 Å². The van der Waals surface area contributed by atoms with Gasteiger partial charge in [-0.05, 0) is 12.8 Å². The number of Topliss-reactive ketones (excluding diaryl/α,β-unsaturated/α-hetero) is 1. The third-order valence-corrected chi connectivity index (χ3v) is 2.58. The fourth-order valence-electron chi connectivity index (χ4n) is 1.89. The first-order chi connectivity index (χ1) is 5.33. The summed E-state index contributed by atoms with van der Waals surface area (Å²) in [6, 6.07) is 0. The number of allylic oxidation sites excluding steroid dienone is 1. The van der Waals surface area contributed by atoms with Crippen molar-refractivity contribution in [2.24, 2.45) is 5.92 Å². The van der Waals surface area contributed by atoms with E-state index >= 15 is 0 Å². The van der Waals surface area contributed by atoms with Gasteiger partial charge in [0.2, 0.25) is 0 Å². The summed E-state index contributed by atoms with van der Waals surface area (Å²) in [6.45, 7) is 1.87. The first-order valence-electron chi connectivity index (χ1n) is 3.96. The zero-order valence-corrected chi connectivity index (χ0v) is 6.29. The summed E-state index contributed by atoms with van der Waals surface area (Å²) < 4.78 is 0. The smallest absolute Gasteiger partial charge is 0.185 e. The SMILES string of the molecule is O=C1/C(=C\O)N2CCC1CC2. The molecule has 3 fully saturated rings. The molecule has 3 aliphatic rings. The molecule has 0 saturated carbocycles. The Kier molecular flexibility index (Phi) is 1.37. The molecule has 0 amide bonds. The average molecular weight is 153 g/mol. The third kappa shape index (κ3) is 0.836. The van der Waals surface area contributed by atoms with Crippen LogP contribution in [0.1, 0.15) is 12.8 Å². The van der Waals surface area contributed by atoms with Gasteiger partial charge < -0.3 is 10.0 Å². The van der Waals surface area contributed by atoms with Crippen molar-refractivity contribution in [2.75, 3.05) is 13.1 Å². The van der Waals surface area contributed by atoms with Crippen LogP contribution in [0.4, 0.5) is 0 Å². The van der Waals surface area contributed by atoms with Crippen molar-refractivity contribution in [3.63, 3.8) is 0 Å². The Labute approximate surface area is 65.3 Å². The molecule has 3 nitrogen and oxygen atoms in total. The summed E-state index contributed by atoms with van der Waals surface area (Å²) in [6.07, 6.45) is 2.89. The number of carbonyl (C=O) groups is 1. The van der Waals surface area contributed by atoms with E-state index < -0.39 is 0 Å². The van der Waals surface area contributed by atoms with E-state index in [4.69, 9.17) is 5.11 Å². The van der Waals surface area contributed by atoms with Crippen molar-refractivity contribution in [2.45, 2.75) is 12.8 Å². The average Bonchev–Trinajstić information content (AvgIpc) is 2.06. The summed E-state index contributed by atoms with van der Waals surface area (Å²) in [7, 11) is 0. The van der Waals surface area contributed by atoms with E-state index in [0.717, 1.165) is 32.2 Å². The largest absolute Gasteiger partial charge is 0.513 e. The molecule has 0 aliphatic carbocycles. The summed E-state index contributed by atoms with van der Waals surface area (Å²) in [5.74, 6) is 0.323. The van der Waals surface area contributed by atoms with E-state index in [-0.39, 0.29) is 11.7 Å². The van der Waals surface area contributed by atoms with Crippen LogP contribution in [-0.4, -0.2) is 28.9 Å². The maximum absolute atomic E-state index is 11.3. The number of carbonyl (C=O) groups excluding carboxylic acids is 1. The second kappa shape index (κ2) is 2.26. The van der Waals surface area contributed by atoms with Crippen molar-refractivity contribution in [3.05, 3.63) is 12.0 Å². The van der Waals surface area contributed by atoms with Gasteiger partial charge in [0, 0.05) is 19.0 Å². The van der Waals surface area contributed by atoms with Gasteiger partial charge >= 0.3 is 0 Å². The summed E-state index contributed by atoms with van der Waals surface area (Å²) in [4.78, 5) is 13.3. The van der Waals surface area contributed by atoms with Crippen molar-refractivity contribution in [3.8, 4) is 0 Å². The fourth-order valence-corrected chi connectivity index (χ4v) is 1.89. The molecule has 0 unspecified atom stereocenters. The molecule has 3 heterocycles. The molecular weight excluding hydrogens is 142 g/mol. The minimum absolute atomic E-state index is 0.130. The molecule has 0 spiro atoms. The molecule has 0 aromatic carbocycles. The molecule has 3 aliphatic heterocycles. The number of aliphatic hydroxyl groups is 1. The first kappa shape index (κ1) is 6.70. The molecule has 60 valence electrons. The molecule has 3 heteroatoms. The van der Waals surface area contributed by atoms with E-state index in [9.17, 15) is 4.79 Å². The zero-order valence-electron chi connectivity index (χ0n) is 6.29. The highest BCUT2D eigenvalue weighted by atomic mass is 16.2. The highest BCUT2D eigenvalue weighted by Gasteiger charge is 2.36. The van der Waals surface area contributed by atoms with E-state index in [1.807, 2.05) is 4.90 Å². The van der Waals surface area contributed by atoms with Gasteiger partial charge in [-0.15, -0.1) is 0 Å². The Morgan fingerprint density at radius 2 is 2.09 bits per heavy atom. The zero-order chi connectivity index (χ0) is 7.84. The maximum atomic E-state index is 11.3. The number of hydrogen-bond donors (Lipinski definition) is 1. The molecule has 3 saturated heterocycles. The second-order valence-electron chi connectivity index (χ2n) is 3.14. The first-order valence-corrected chi connectivity index (χ1v) is 3.96. The molecular formula is C8H11NO2.